The lowest BCUT2D eigenvalue weighted by Gasteiger charge is -2.04. The zero-order valence-electron chi connectivity index (χ0n) is 9.69. The molecule has 0 atom stereocenters. The van der Waals surface area contributed by atoms with E-state index in [4.69, 9.17) is 5.73 Å². The molecule has 4 nitrogen and oxygen atoms in total. The first-order chi connectivity index (χ1) is 7.83. The summed E-state index contributed by atoms with van der Waals surface area (Å²) in [4.78, 5) is 8.61. The highest BCUT2D eigenvalue weighted by molar-refractivity contribution is 5.73. The molecule has 2 aromatic rings. The maximum Gasteiger partial charge on any atom is 0.202 e. The molecule has 0 saturated carbocycles. The Balaban J connectivity index is 2.13. The number of hydrogen-bond acceptors (Lipinski definition) is 3. The lowest BCUT2D eigenvalue weighted by Crippen LogP contribution is -2.04. The Kier molecular flexibility index (Phi) is 3.39. The smallest absolute Gasteiger partial charge is 0.202 e. The van der Waals surface area contributed by atoms with Crippen molar-refractivity contribution in [1.29, 1.82) is 0 Å². The van der Waals surface area contributed by atoms with Gasteiger partial charge in [-0.3, -0.25) is 4.57 Å². The molecule has 0 aliphatic carbocycles. The van der Waals surface area contributed by atoms with E-state index in [0.717, 1.165) is 24.1 Å². The normalized spacial score (nSPS) is 11.1. The fraction of sp³-hybridized carbons (Fsp3) is 0.500. The van der Waals surface area contributed by atoms with Crippen molar-refractivity contribution in [2.75, 3.05) is 5.73 Å². The quantitative estimate of drug-likeness (QED) is 0.785. The predicted molar refractivity (Wildman–Crippen MR) is 66.1 cm³/mol. The molecule has 0 bridgehead atoms. The third kappa shape index (κ3) is 2.15. The molecule has 2 N–H and O–H groups in total. The average Bonchev–Trinajstić information content (AvgIpc) is 2.61. The van der Waals surface area contributed by atoms with Crippen LogP contribution in [0.2, 0.25) is 0 Å². The summed E-state index contributed by atoms with van der Waals surface area (Å²) in [5.41, 5.74) is 7.66. The Bertz CT molecular complexity index is 461. The molecule has 0 spiro atoms. The van der Waals surface area contributed by atoms with Crippen molar-refractivity contribution in [1.82, 2.24) is 14.5 Å². The van der Waals surface area contributed by atoms with E-state index in [2.05, 4.69) is 16.9 Å². The van der Waals surface area contributed by atoms with Gasteiger partial charge in [0.25, 0.3) is 0 Å². The minimum Gasteiger partial charge on any atom is -0.369 e. The maximum atomic E-state index is 5.88. The van der Waals surface area contributed by atoms with Crippen LogP contribution in [0.15, 0.2) is 18.3 Å². The fourth-order valence-corrected chi connectivity index (χ4v) is 1.89. The molecule has 16 heavy (non-hydrogen) atoms. The summed E-state index contributed by atoms with van der Waals surface area (Å²) in [6.45, 7) is 3.13. The second kappa shape index (κ2) is 4.96. The molecule has 0 saturated heterocycles. The van der Waals surface area contributed by atoms with E-state index in [1.165, 1.54) is 19.3 Å². The summed E-state index contributed by atoms with van der Waals surface area (Å²) >= 11 is 0. The van der Waals surface area contributed by atoms with Gasteiger partial charge in [0.1, 0.15) is 5.52 Å². The average molecular weight is 218 g/mol. The zero-order valence-corrected chi connectivity index (χ0v) is 9.69. The van der Waals surface area contributed by atoms with Crippen molar-refractivity contribution in [3.05, 3.63) is 18.3 Å². The van der Waals surface area contributed by atoms with Crippen molar-refractivity contribution in [3.63, 3.8) is 0 Å². The molecule has 0 aliphatic rings. The molecule has 2 aromatic heterocycles. The monoisotopic (exact) mass is 218 g/mol. The molecule has 2 heterocycles. The van der Waals surface area contributed by atoms with E-state index in [1.807, 2.05) is 16.7 Å². The van der Waals surface area contributed by atoms with Crippen molar-refractivity contribution in [2.45, 2.75) is 39.2 Å². The van der Waals surface area contributed by atoms with Crippen LogP contribution >= 0.6 is 0 Å². The van der Waals surface area contributed by atoms with Crippen molar-refractivity contribution < 1.29 is 0 Å². The number of rotatable bonds is 5. The number of pyridine rings is 1. The van der Waals surface area contributed by atoms with Gasteiger partial charge >= 0.3 is 0 Å². The molecule has 0 unspecified atom stereocenters. The molecule has 0 aliphatic heterocycles. The van der Waals surface area contributed by atoms with E-state index in [9.17, 15) is 0 Å². The zero-order chi connectivity index (χ0) is 11.4. The second-order valence-electron chi connectivity index (χ2n) is 4.03. The molecule has 86 valence electrons. The number of imidazole rings is 1. The minimum absolute atomic E-state index is 0.574. The predicted octanol–water partition coefficient (Wildman–Crippen LogP) is 2.59. The lowest BCUT2D eigenvalue weighted by atomic mass is 10.2. The molecule has 2 rings (SSSR count). The highest BCUT2D eigenvalue weighted by atomic mass is 15.2. The molecule has 0 radical (unpaired) electrons. The molecular weight excluding hydrogens is 200 g/mol. The lowest BCUT2D eigenvalue weighted by molar-refractivity contribution is 0.593. The van der Waals surface area contributed by atoms with Crippen LogP contribution in [0.5, 0.6) is 0 Å². The largest absolute Gasteiger partial charge is 0.369 e. The maximum absolute atomic E-state index is 5.88. The third-order valence-corrected chi connectivity index (χ3v) is 2.77. The molecule has 0 fully saturated rings. The topological polar surface area (TPSA) is 56.7 Å². The van der Waals surface area contributed by atoms with E-state index < -0.39 is 0 Å². The number of nitrogen functional groups attached to an aromatic ring is 1. The molecular formula is C12H18N4. The summed E-state index contributed by atoms with van der Waals surface area (Å²) < 4.78 is 2.00. The van der Waals surface area contributed by atoms with Crippen LogP contribution in [-0.2, 0) is 6.54 Å². The molecule has 0 aromatic carbocycles. The SMILES string of the molecule is CCCCCCn1c(N)nc2cccnc21. The molecule has 4 heteroatoms. The summed E-state index contributed by atoms with van der Waals surface area (Å²) in [5.74, 6) is 0.574. The van der Waals surface area contributed by atoms with Crippen LogP contribution < -0.4 is 5.73 Å². The minimum atomic E-state index is 0.574. The van der Waals surface area contributed by atoms with Gasteiger partial charge in [-0.15, -0.1) is 0 Å². The number of aromatic nitrogens is 3. The Morgan fingerprint density at radius 2 is 2.19 bits per heavy atom. The van der Waals surface area contributed by atoms with Crippen molar-refractivity contribution >= 4 is 17.1 Å². The van der Waals surface area contributed by atoms with E-state index >= 15 is 0 Å². The summed E-state index contributed by atoms with van der Waals surface area (Å²) in [6.07, 6.45) is 6.69. The highest BCUT2D eigenvalue weighted by Gasteiger charge is 2.07. The van der Waals surface area contributed by atoms with Gasteiger partial charge in [-0.2, -0.15) is 0 Å². The fourth-order valence-electron chi connectivity index (χ4n) is 1.89. The number of fused-ring (bicyclic) bond motifs is 1. The highest BCUT2D eigenvalue weighted by Crippen LogP contribution is 2.16. The van der Waals surface area contributed by atoms with Crippen LogP contribution in [-0.4, -0.2) is 14.5 Å². The van der Waals surface area contributed by atoms with Gasteiger partial charge in [0.15, 0.2) is 5.65 Å². The van der Waals surface area contributed by atoms with Gasteiger partial charge < -0.3 is 5.73 Å². The van der Waals surface area contributed by atoms with Crippen LogP contribution in [0, 0.1) is 0 Å². The first-order valence-electron chi connectivity index (χ1n) is 5.89. The number of hydrogen-bond donors (Lipinski definition) is 1. The van der Waals surface area contributed by atoms with Crippen LogP contribution in [0.25, 0.3) is 11.2 Å². The van der Waals surface area contributed by atoms with Gasteiger partial charge in [-0.1, -0.05) is 26.2 Å². The Morgan fingerprint density at radius 3 is 3.00 bits per heavy atom. The van der Waals surface area contributed by atoms with Gasteiger partial charge in [0, 0.05) is 12.7 Å². The summed E-state index contributed by atoms with van der Waals surface area (Å²) in [5, 5.41) is 0. The van der Waals surface area contributed by atoms with E-state index in [1.54, 1.807) is 6.20 Å². The van der Waals surface area contributed by atoms with Gasteiger partial charge in [0.05, 0.1) is 0 Å². The first kappa shape index (κ1) is 10.9. The third-order valence-electron chi connectivity index (χ3n) is 2.77. The number of unbranched alkanes of at least 4 members (excludes halogenated alkanes) is 3. The Labute approximate surface area is 95.5 Å². The van der Waals surface area contributed by atoms with Crippen LogP contribution in [0.1, 0.15) is 32.6 Å². The standard InChI is InChI=1S/C12H18N4/c1-2-3-4-5-9-16-11-10(15-12(16)13)7-6-8-14-11/h6-8H,2-5,9H2,1H3,(H2,13,15). The Hall–Kier alpha value is -1.58. The molecule has 0 amide bonds. The van der Waals surface area contributed by atoms with Crippen LogP contribution in [0.4, 0.5) is 5.95 Å². The number of aryl methyl sites for hydroxylation is 1. The van der Waals surface area contributed by atoms with E-state index in [0.29, 0.717) is 5.95 Å². The number of nitrogens with zero attached hydrogens (tertiary/aromatic N) is 3. The summed E-state index contributed by atoms with van der Waals surface area (Å²) in [7, 11) is 0. The number of anilines is 1. The second-order valence-corrected chi connectivity index (χ2v) is 4.03. The van der Waals surface area contributed by atoms with Crippen molar-refractivity contribution in [3.8, 4) is 0 Å². The van der Waals surface area contributed by atoms with Crippen LogP contribution in [0.3, 0.4) is 0 Å². The van der Waals surface area contributed by atoms with Gasteiger partial charge in [-0.25, -0.2) is 9.97 Å². The first-order valence-corrected chi connectivity index (χ1v) is 5.89. The van der Waals surface area contributed by atoms with Gasteiger partial charge in [0.2, 0.25) is 5.95 Å². The Morgan fingerprint density at radius 1 is 1.31 bits per heavy atom. The number of nitrogens with two attached hydrogens (primary N) is 1. The van der Waals surface area contributed by atoms with Gasteiger partial charge in [-0.05, 0) is 18.6 Å². The van der Waals surface area contributed by atoms with Crippen molar-refractivity contribution in [2.24, 2.45) is 0 Å². The van der Waals surface area contributed by atoms with E-state index in [-0.39, 0.29) is 0 Å². The summed E-state index contributed by atoms with van der Waals surface area (Å²) in [6, 6.07) is 3.83.